The molecule has 1 N–H and O–H groups in total. The van der Waals surface area contributed by atoms with Gasteiger partial charge in [0.2, 0.25) is 5.91 Å². The Morgan fingerprint density at radius 1 is 1.03 bits per heavy atom. The Balaban J connectivity index is 2.25. The number of halogens is 4. The Kier molecular flexibility index (Phi) is 9.17. The fourth-order valence-electron chi connectivity index (χ4n) is 3.49. The molecule has 2 rings (SSSR count). The number of hydrogen-bond donors (Lipinski definition) is 1. The van der Waals surface area contributed by atoms with Crippen molar-refractivity contribution in [1.82, 2.24) is 0 Å². The monoisotopic (exact) mass is 497 g/mol. The summed E-state index contributed by atoms with van der Waals surface area (Å²) in [6, 6.07) is 11.4. The van der Waals surface area contributed by atoms with Crippen LogP contribution < -0.4 is 5.32 Å². The van der Waals surface area contributed by atoms with E-state index in [9.17, 15) is 22.8 Å². The van der Waals surface area contributed by atoms with Crippen LogP contribution in [0.1, 0.15) is 63.6 Å². The molecule has 0 saturated carbocycles. The quantitative estimate of drug-likeness (QED) is 0.396. The number of carbonyl (C=O) groups excluding carboxylic acids is 2. The van der Waals surface area contributed by atoms with E-state index in [1.807, 2.05) is 6.92 Å². The van der Waals surface area contributed by atoms with Gasteiger partial charge in [-0.25, -0.2) is 0 Å². The zero-order chi connectivity index (χ0) is 25.7. The smallest absolute Gasteiger partial charge is 0.392 e. The third-order valence-electron chi connectivity index (χ3n) is 5.37. The molecule has 1 amide bonds. The Morgan fingerprint density at radius 3 is 2.15 bits per heavy atom. The molecular weight excluding hydrogens is 467 g/mol. The van der Waals surface area contributed by atoms with Crippen molar-refractivity contribution in [3.05, 3.63) is 64.2 Å². The van der Waals surface area contributed by atoms with Crippen LogP contribution in [0, 0.1) is 5.92 Å². The molecule has 2 unspecified atom stereocenters. The van der Waals surface area contributed by atoms with E-state index in [0.29, 0.717) is 12.0 Å². The minimum Gasteiger partial charge on any atom is -0.460 e. The minimum atomic E-state index is -4.56. The summed E-state index contributed by atoms with van der Waals surface area (Å²) in [4.78, 5) is 25.1. The molecule has 0 aliphatic carbocycles. The fourth-order valence-corrected chi connectivity index (χ4v) is 3.65. The third kappa shape index (κ3) is 8.05. The lowest BCUT2D eigenvalue weighted by Gasteiger charge is -2.26. The van der Waals surface area contributed by atoms with Crippen molar-refractivity contribution in [2.24, 2.45) is 5.92 Å². The van der Waals surface area contributed by atoms with Gasteiger partial charge in [-0.05, 0) is 62.4 Å². The van der Waals surface area contributed by atoms with E-state index < -0.39 is 29.5 Å². The molecule has 0 heterocycles. The molecule has 0 aliphatic rings. The second-order valence-electron chi connectivity index (χ2n) is 9.29. The summed E-state index contributed by atoms with van der Waals surface area (Å²) in [5.41, 5.74) is 1.52. The maximum atomic E-state index is 13.6. The van der Waals surface area contributed by atoms with Crippen LogP contribution in [0.25, 0.3) is 0 Å². The van der Waals surface area contributed by atoms with Gasteiger partial charge in [0.15, 0.2) is 0 Å². The number of rotatable bonds is 8. The molecule has 4 nitrogen and oxygen atoms in total. The molecule has 0 fully saturated rings. The Bertz CT molecular complexity index is 998. The van der Waals surface area contributed by atoms with Gasteiger partial charge in [-0.3, -0.25) is 9.59 Å². The van der Waals surface area contributed by atoms with E-state index in [4.69, 9.17) is 16.3 Å². The number of esters is 1. The van der Waals surface area contributed by atoms with Crippen molar-refractivity contribution in [3.63, 3.8) is 0 Å². The summed E-state index contributed by atoms with van der Waals surface area (Å²) in [5, 5.41) is 2.76. The van der Waals surface area contributed by atoms with Gasteiger partial charge in [0.25, 0.3) is 0 Å². The molecule has 0 aromatic heterocycles. The van der Waals surface area contributed by atoms with E-state index in [1.54, 1.807) is 63.2 Å². The number of ether oxygens (including phenoxy) is 1. The molecular formula is C26H31ClF3NO3. The number of amides is 1. The highest BCUT2D eigenvalue weighted by Gasteiger charge is 2.45. The SMILES string of the molecule is CCc1ccc(C(C(=O)Nc2cc(CCC(=O)OC(C)(C)C)ccc2Cl)C(C)C(F)(F)F)cc1. The summed E-state index contributed by atoms with van der Waals surface area (Å²) < 4.78 is 46.1. The standard InChI is InChI=1S/C26H31ClF3NO3/c1-6-17-7-11-19(12-8-17)23(16(2)26(28,29)30)24(33)31-21-15-18(9-13-20(21)27)10-14-22(32)34-25(3,4)5/h7-9,11-13,15-16,23H,6,10,14H2,1-5H3,(H,31,33). The van der Waals surface area contributed by atoms with Crippen LogP contribution in [-0.4, -0.2) is 23.7 Å². The summed E-state index contributed by atoms with van der Waals surface area (Å²) in [5.74, 6) is -4.54. The highest BCUT2D eigenvalue weighted by molar-refractivity contribution is 6.33. The van der Waals surface area contributed by atoms with Crippen molar-refractivity contribution >= 4 is 29.2 Å². The van der Waals surface area contributed by atoms with Gasteiger partial charge in [-0.15, -0.1) is 0 Å². The maximum absolute atomic E-state index is 13.6. The van der Waals surface area contributed by atoms with Gasteiger partial charge < -0.3 is 10.1 Å². The van der Waals surface area contributed by atoms with Crippen molar-refractivity contribution in [2.75, 3.05) is 5.32 Å². The number of carbonyl (C=O) groups is 2. The van der Waals surface area contributed by atoms with Gasteiger partial charge in [0.1, 0.15) is 5.60 Å². The predicted octanol–water partition coefficient (Wildman–Crippen LogP) is 7.10. The molecule has 0 spiro atoms. The third-order valence-corrected chi connectivity index (χ3v) is 5.70. The number of alkyl halides is 3. The number of anilines is 1. The minimum absolute atomic E-state index is 0.115. The summed E-state index contributed by atoms with van der Waals surface area (Å²) in [6.07, 6.45) is -3.39. The topological polar surface area (TPSA) is 55.4 Å². The van der Waals surface area contributed by atoms with Crippen molar-refractivity contribution in [2.45, 2.75) is 71.6 Å². The van der Waals surface area contributed by atoms with Gasteiger partial charge in [0.05, 0.1) is 22.5 Å². The zero-order valence-corrected chi connectivity index (χ0v) is 20.8. The van der Waals surface area contributed by atoms with Gasteiger partial charge in [0, 0.05) is 6.42 Å². The van der Waals surface area contributed by atoms with E-state index in [0.717, 1.165) is 18.9 Å². The Hall–Kier alpha value is -2.54. The fraction of sp³-hybridized carbons (Fsp3) is 0.462. The first-order valence-corrected chi connectivity index (χ1v) is 11.6. The zero-order valence-electron chi connectivity index (χ0n) is 20.1. The van der Waals surface area contributed by atoms with Gasteiger partial charge in [-0.2, -0.15) is 13.2 Å². The van der Waals surface area contributed by atoms with E-state index in [-0.39, 0.29) is 28.7 Å². The first-order valence-electron chi connectivity index (χ1n) is 11.2. The molecule has 2 aromatic carbocycles. The second-order valence-corrected chi connectivity index (χ2v) is 9.70. The highest BCUT2D eigenvalue weighted by Crippen LogP contribution is 2.38. The number of benzene rings is 2. The van der Waals surface area contributed by atoms with Crippen molar-refractivity contribution in [3.8, 4) is 0 Å². The average Bonchev–Trinajstić information content (AvgIpc) is 2.73. The largest absolute Gasteiger partial charge is 0.460 e. The molecule has 2 atom stereocenters. The van der Waals surface area contributed by atoms with Gasteiger partial charge >= 0.3 is 12.1 Å². The number of nitrogens with one attached hydrogen (secondary N) is 1. The van der Waals surface area contributed by atoms with E-state index in [1.165, 1.54) is 0 Å². The van der Waals surface area contributed by atoms with E-state index >= 15 is 0 Å². The van der Waals surface area contributed by atoms with Crippen LogP contribution in [0.2, 0.25) is 5.02 Å². The first kappa shape index (κ1) is 27.7. The Morgan fingerprint density at radius 2 is 1.62 bits per heavy atom. The molecule has 0 radical (unpaired) electrons. The van der Waals surface area contributed by atoms with Crippen LogP contribution in [0.5, 0.6) is 0 Å². The van der Waals surface area contributed by atoms with E-state index in [2.05, 4.69) is 5.32 Å². The molecule has 2 aromatic rings. The highest BCUT2D eigenvalue weighted by atomic mass is 35.5. The first-order chi connectivity index (χ1) is 15.7. The summed E-state index contributed by atoms with van der Waals surface area (Å²) in [7, 11) is 0. The number of hydrogen-bond acceptors (Lipinski definition) is 3. The maximum Gasteiger partial charge on any atom is 0.392 e. The van der Waals surface area contributed by atoms with Crippen molar-refractivity contribution < 1.29 is 27.5 Å². The normalized spacial score (nSPS) is 13.8. The lowest BCUT2D eigenvalue weighted by atomic mass is 9.85. The predicted molar refractivity (Wildman–Crippen MR) is 128 cm³/mol. The lowest BCUT2D eigenvalue weighted by molar-refractivity contribution is -0.178. The Labute approximate surface area is 203 Å². The summed E-state index contributed by atoms with van der Waals surface area (Å²) >= 11 is 6.22. The average molecular weight is 498 g/mol. The molecule has 0 saturated heterocycles. The number of aryl methyl sites for hydroxylation is 2. The molecule has 0 aliphatic heterocycles. The van der Waals surface area contributed by atoms with Crippen molar-refractivity contribution in [1.29, 1.82) is 0 Å². The second kappa shape index (κ2) is 11.3. The lowest BCUT2D eigenvalue weighted by Crippen LogP contribution is -2.34. The summed E-state index contributed by atoms with van der Waals surface area (Å²) in [6.45, 7) is 8.26. The molecule has 0 bridgehead atoms. The van der Waals surface area contributed by atoms with Gasteiger partial charge in [-0.1, -0.05) is 55.8 Å². The molecule has 34 heavy (non-hydrogen) atoms. The molecule has 186 valence electrons. The van der Waals surface area contributed by atoms with Crippen LogP contribution in [0.4, 0.5) is 18.9 Å². The van der Waals surface area contributed by atoms with Crippen LogP contribution in [-0.2, 0) is 27.2 Å². The van der Waals surface area contributed by atoms with Crippen LogP contribution in [0.15, 0.2) is 42.5 Å². The molecule has 8 heteroatoms. The van der Waals surface area contributed by atoms with Crippen LogP contribution in [0.3, 0.4) is 0 Å². The van der Waals surface area contributed by atoms with Crippen LogP contribution >= 0.6 is 11.6 Å².